The van der Waals surface area contributed by atoms with Gasteiger partial charge in [-0.15, -0.1) is 0 Å². The molecule has 2 aromatic carbocycles. The van der Waals surface area contributed by atoms with E-state index in [4.69, 9.17) is 9.97 Å². The molecule has 2 aliphatic rings. The molecule has 2 N–H and O–H groups in total. The molecular weight excluding hydrogens is 416 g/mol. The van der Waals surface area contributed by atoms with Gasteiger partial charge in [0.2, 0.25) is 0 Å². The highest BCUT2D eigenvalue weighted by Gasteiger charge is 2.16. The summed E-state index contributed by atoms with van der Waals surface area (Å²) in [7, 11) is 0. The van der Waals surface area contributed by atoms with Crippen LogP contribution in [0.5, 0.6) is 0 Å². The predicted molar refractivity (Wildman–Crippen MR) is 140 cm³/mol. The third-order valence-electron chi connectivity index (χ3n) is 6.27. The Morgan fingerprint density at radius 2 is 1.15 bits per heavy atom. The lowest BCUT2D eigenvalue weighted by atomic mass is 10.0. The molecule has 8 bridgehead atoms. The van der Waals surface area contributed by atoms with Crippen LogP contribution in [0.3, 0.4) is 0 Å². The van der Waals surface area contributed by atoms with E-state index in [-0.39, 0.29) is 0 Å². The van der Waals surface area contributed by atoms with Gasteiger partial charge in [-0.3, -0.25) is 0 Å². The van der Waals surface area contributed by atoms with E-state index in [2.05, 4.69) is 101 Å². The van der Waals surface area contributed by atoms with E-state index in [9.17, 15) is 0 Å². The van der Waals surface area contributed by atoms with Gasteiger partial charge < -0.3 is 9.97 Å². The van der Waals surface area contributed by atoms with Crippen LogP contribution in [0.4, 0.5) is 0 Å². The van der Waals surface area contributed by atoms with Crippen molar-refractivity contribution in [3.8, 4) is 33.6 Å². The first kappa shape index (κ1) is 18.8. The molecule has 0 amide bonds. The van der Waals surface area contributed by atoms with Gasteiger partial charge in [0.05, 0.1) is 22.8 Å². The lowest BCUT2D eigenvalue weighted by molar-refractivity contribution is 1.31. The van der Waals surface area contributed by atoms with Crippen LogP contribution in [0.2, 0.25) is 0 Å². The van der Waals surface area contributed by atoms with Gasteiger partial charge in [0.25, 0.3) is 0 Å². The Labute approximate surface area is 196 Å². The molecule has 5 heterocycles. The fraction of sp³-hybridized carbons (Fsp3) is 0. The van der Waals surface area contributed by atoms with Gasteiger partial charge in [-0.2, -0.15) is 0 Å². The second-order valence-corrected chi connectivity index (χ2v) is 8.59. The van der Waals surface area contributed by atoms with E-state index in [1.807, 2.05) is 18.2 Å². The van der Waals surface area contributed by atoms with Crippen LogP contribution < -0.4 is 0 Å². The lowest BCUT2D eigenvalue weighted by Crippen LogP contribution is -1.77. The monoisotopic (exact) mass is 436 g/mol. The Bertz CT molecular complexity index is 1750. The van der Waals surface area contributed by atoms with Gasteiger partial charge in [-0.05, 0) is 60.2 Å². The number of nitrogens with zero attached hydrogens (tertiary/aromatic N) is 2. The minimum absolute atomic E-state index is 0.902. The molecule has 0 fully saturated rings. The van der Waals surface area contributed by atoms with E-state index in [1.165, 1.54) is 5.56 Å². The highest BCUT2D eigenvalue weighted by Crippen LogP contribution is 2.37. The van der Waals surface area contributed by atoms with Crippen molar-refractivity contribution in [1.29, 1.82) is 0 Å². The molecule has 0 radical (unpaired) electrons. The van der Waals surface area contributed by atoms with Crippen molar-refractivity contribution in [2.24, 2.45) is 0 Å². The first-order valence-corrected chi connectivity index (χ1v) is 11.3. The minimum atomic E-state index is 0.902. The van der Waals surface area contributed by atoms with E-state index in [0.29, 0.717) is 0 Å². The number of aromatic nitrogens is 4. The molecule has 2 aliphatic heterocycles. The number of hydrogen-bond acceptors (Lipinski definition) is 2. The van der Waals surface area contributed by atoms with Crippen molar-refractivity contribution in [1.82, 2.24) is 19.9 Å². The maximum atomic E-state index is 5.03. The molecule has 3 aromatic heterocycles. The SMILES string of the molecule is C1=Cc2cc3ccc(cc4cc(-c5ccccc5)c(cc5nc(cc1n2)-c1ccccc1-5)[nH]4)[nH]3. The maximum Gasteiger partial charge on any atom is 0.0737 e. The zero-order valence-electron chi connectivity index (χ0n) is 18.3. The van der Waals surface area contributed by atoms with Crippen molar-refractivity contribution < 1.29 is 0 Å². The van der Waals surface area contributed by atoms with Crippen LogP contribution in [0.1, 0.15) is 11.4 Å². The summed E-state index contributed by atoms with van der Waals surface area (Å²) in [6, 6.07) is 33.6. The largest absolute Gasteiger partial charge is 0.355 e. The third-order valence-corrected chi connectivity index (χ3v) is 6.27. The number of rotatable bonds is 1. The van der Waals surface area contributed by atoms with Crippen LogP contribution >= 0.6 is 0 Å². The number of H-pyrrole nitrogens is 2. The summed E-state index contributed by atoms with van der Waals surface area (Å²) in [4.78, 5) is 16.9. The number of aromatic amines is 2. The standard InChI is InChI=1S/C30H20N4/c1-2-6-19(7-3-1)27-16-24-15-22-11-10-20(31-22)14-21-12-13-23(32-21)17-28-25-8-4-5-9-26(25)29(34-28)18-30(27)33-24/h1-18,31,33H. The smallest absolute Gasteiger partial charge is 0.0737 e. The normalized spacial score (nSPS) is 12.0. The first-order chi connectivity index (χ1) is 16.8. The van der Waals surface area contributed by atoms with Crippen molar-refractivity contribution in [2.45, 2.75) is 0 Å². The van der Waals surface area contributed by atoms with E-state index >= 15 is 0 Å². The fourth-order valence-electron chi connectivity index (χ4n) is 4.70. The quantitative estimate of drug-likeness (QED) is 0.280. The Kier molecular flexibility index (Phi) is 4.11. The molecule has 4 nitrogen and oxygen atoms in total. The van der Waals surface area contributed by atoms with E-state index in [0.717, 1.165) is 61.5 Å². The van der Waals surface area contributed by atoms with Gasteiger partial charge in [-0.1, -0.05) is 54.6 Å². The van der Waals surface area contributed by atoms with Crippen LogP contribution in [-0.2, 0) is 0 Å². The van der Waals surface area contributed by atoms with Crippen molar-refractivity contribution in [3.63, 3.8) is 0 Å². The summed E-state index contributed by atoms with van der Waals surface area (Å²) in [5.41, 5.74) is 12.4. The van der Waals surface area contributed by atoms with Gasteiger partial charge in [-0.25, -0.2) is 9.97 Å². The Balaban J connectivity index is 1.61. The van der Waals surface area contributed by atoms with Crippen LogP contribution in [0.15, 0.2) is 97.1 Å². The topological polar surface area (TPSA) is 57.4 Å². The maximum absolute atomic E-state index is 5.03. The number of hydrogen-bond donors (Lipinski definition) is 2. The van der Waals surface area contributed by atoms with E-state index < -0.39 is 0 Å². The Morgan fingerprint density at radius 1 is 0.471 bits per heavy atom. The van der Waals surface area contributed by atoms with Gasteiger partial charge in [0, 0.05) is 38.8 Å². The summed E-state index contributed by atoms with van der Waals surface area (Å²) in [5, 5.41) is 0. The van der Waals surface area contributed by atoms with Gasteiger partial charge in [0.15, 0.2) is 0 Å². The summed E-state index contributed by atoms with van der Waals surface area (Å²) < 4.78 is 0. The Morgan fingerprint density at radius 3 is 1.94 bits per heavy atom. The molecule has 0 unspecified atom stereocenters. The molecule has 0 saturated carbocycles. The number of nitrogens with one attached hydrogen (secondary N) is 2. The summed E-state index contributed by atoms with van der Waals surface area (Å²) in [5.74, 6) is 0. The number of benzene rings is 2. The zero-order chi connectivity index (χ0) is 22.5. The van der Waals surface area contributed by atoms with Crippen molar-refractivity contribution in [3.05, 3.63) is 108 Å². The third kappa shape index (κ3) is 3.24. The highest BCUT2D eigenvalue weighted by molar-refractivity contribution is 5.91. The lowest BCUT2D eigenvalue weighted by Gasteiger charge is -1.99. The molecule has 0 spiro atoms. The molecule has 5 aromatic rings. The van der Waals surface area contributed by atoms with Gasteiger partial charge in [0.1, 0.15) is 0 Å². The molecule has 34 heavy (non-hydrogen) atoms. The van der Waals surface area contributed by atoms with Crippen molar-refractivity contribution >= 4 is 34.2 Å². The minimum Gasteiger partial charge on any atom is -0.355 e. The second kappa shape index (κ2) is 7.42. The second-order valence-electron chi connectivity index (χ2n) is 8.59. The van der Waals surface area contributed by atoms with Crippen LogP contribution in [0, 0.1) is 0 Å². The molecule has 0 aliphatic carbocycles. The highest BCUT2D eigenvalue weighted by atomic mass is 14.8. The van der Waals surface area contributed by atoms with Gasteiger partial charge >= 0.3 is 0 Å². The molecule has 160 valence electrons. The summed E-state index contributed by atoms with van der Waals surface area (Å²) in [6.07, 6.45) is 4.08. The number of fused-ring (bicyclic) bond motifs is 11. The zero-order valence-corrected chi connectivity index (χ0v) is 18.3. The molecule has 7 rings (SSSR count). The fourth-order valence-corrected chi connectivity index (χ4v) is 4.70. The molecular formula is C30H20N4. The Hall–Kier alpha value is -4.70. The average molecular weight is 437 g/mol. The summed E-state index contributed by atoms with van der Waals surface area (Å²) >= 11 is 0. The molecule has 0 saturated heterocycles. The average Bonchev–Trinajstić information content (AvgIpc) is 3.64. The van der Waals surface area contributed by atoms with Crippen LogP contribution in [-0.4, -0.2) is 19.9 Å². The summed E-state index contributed by atoms with van der Waals surface area (Å²) in [6.45, 7) is 0. The molecule has 4 heteroatoms. The van der Waals surface area contributed by atoms with E-state index in [1.54, 1.807) is 0 Å². The first-order valence-electron chi connectivity index (χ1n) is 11.3. The predicted octanol–water partition coefficient (Wildman–Crippen LogP) is 7.49. The van der Waals surface area contributed by atoms with Crippen molar-refractivity contribution in [2.75, 3.05) is 0 Å². The van der Waals surface area contributed by atoms with Crippen LogP contribution in [0.25, 0.3) is 67.9 Å². The molecule has 0 atom stereocenters.